The van der Waals surface area contributed by atoms with Crippen molar-refractivity contribution in [1.82, 2.24) is 4.98 Å². The normalized spacial score (nSPS) is 18.7. The molecule has 0 amide bonds. The van der Waals surface area contributed by atoms with Gasteiger partial charge in [0.15, 0.2) is 5.78 Å². The zero-order chi connectivity index (χ0) is 33.7. The molecule has 246 valence electrons. The molecule has 4 N–H and O–H groups in total. The molecular formula is C39H44FN3O3S. The maximum absolute atomic E-state index is 15.7. The van der Waals surface area contributed by atoms with Gasteiger partial charge in [0.1, 0.15) is 5.82 Å². The summed E-state index contributed by atoms with van der Waals surface area (Å²) in [7, 11) is 0. The molecule has 4 aromatic rings. The zero-order valence-corrected chi connectivity index (χ0v) is 28.4. The fourth-order valence-electron chi connectivity index (χ4n) is 6.28. The van der Waals surface area contributed by atoms with E-state index in [4.69, 9.17) is 10.7 Å². The Hall–Kier alpha value is -4.17. The summed E-state index contributed by atoms with van der Waals surface area (Å²) in [6.45, 7) is 8.17. The van der Waals surface area contributed by atoms with Gasteiger partial charge in [0.25, 0.3) is 0 Å². The number of allylic oxidation sites excluding steroid dienone is 1. The number of nitrogens with one attached hydrogen (secondary N) is 1. The maximum atomic E-state index is 15.7. The number of carboxylic acid groups (broad SMARTS) is 1. The summed E-state index contributed by atoms with van der Waals surface area (Å²) in [4.78, 5) is 33.6. The Morgan fingerprint density at radius 1 is 1.15 bits per heavy atom. The number of benzene rings is 3. The first-order chi connectivity index (χ1) is 22.4. The smallest absolute Gasteiger partial charge is 0.306 e. The van der Waals surface area contributed by atoms with Crippen LogP contribution < -0.4 is 5.73 Å². The van der Waals surface area contributed by atoms with Crippen molar-refractivity contribution in [2.45, 2.75) is 65.8 Å². The quantitative estimate of drug-likeness (QED) is 0.204. The lowest BCUT2D eigenvalue weighted by Crippen LogP contribution is -2.16. The zero-order valence-electron chi connectivity index (χ0n) is 27.6. The molecule has 0 saturated heterocycles. The number of aliphatic imine (C=N–C) groups is 1. The molecule has 8 heteroatoms. The van der Waals surface area contributed by atoms with Crippen LogP contribution in [0.3, 0.4) is 0 Å². The number of ketones is 1. The van der Waals surface area contributed by atoms with Crippen LogP contribution in [-0.4, -0.2) is 39.6 Å². The number of hydrogen-bond donors (Lipinski definition) is 3. The van der Waals surface area contributed by atoms with Gasteiger partial charge in [-0.25, -0.2) is 4.39 Å². The first-order valence-corrected chi connectivity index (χ1v) is 17.4. The number of aromatic amines is 1. The largest absolute Gasteiger partial charge is 0.481 e. The number of thioether (sulfide) groups is 1. The van der Waals surface area contributed by atoms with Crippen LogP contribution in [0.2, 0.25) is 0 Å². The van der Waals surface area contributed by atoms with Crippen LogP contribution in [0.15, 0.2) is 77.4 Å². The van der Waals surface area contributed by atoms with Crippen molar-refractivity contribution in [2.75, 3.05) is 11.5 Å². The number of rotatable bonds is 4. The second-order valence-corrected chi connectivity index (χ2v) is 14.6. The average Bonchev–Trinajstić information content (AvgIpc) is 3.51. The number of H-pyrrole nitrogens is 1. The van der Waals surface area contributed by atoms with Crippen molar-refractivity contribution < 1.29 is 19.1 Å². The number of carboxylic acids is 1. The molecule has 0 saturated carbocycles. The van der Waals surface area contributed by atoms with E-state index in [2.05, 4.69) is 31.0 Å². The Kier molecular flexibility index (Phi) is 10.7. The van der Waals surface area contributed by atoms with Gasteiger partial charge < -0.3 is 15.8 Å². The van der Waals surface area contributed by atoms with Gasteiger partial charge in [-0.15, -0.1) is 0 Å². The van der Waals surface area contributed by atoms with Crippen molar-refractivity contribution in [3.05, 3.63) is 112 Å². The molecule has 3 aromatic carbocycles. The van der Waals surface area contributed by atoms with Crippen LogP contribution in [0.5, 0.6) is 0 Å². The van der Waals surface area contributed by atoms with Crippen molar-refractivity contribution in [1.29, 1.82) is 0 Å². The highest BCUT2D eigenvalue weighted by Gasteiger charge is 2.24. The van der Waals surface area contributed by atoms with E-state index in [0.29, 0.717) is 35.2 Å². The molecule has 2 heterocycles. The Bertz CT molecular complexity index is 1840. The number of hydrogen-bond acceptors (Lipinski definition) is 5. The third kappa shape index (κ3) is 8.22. The highest BCUT2D eigenvalue weighted by atomic mass is 32.2. The van der Waals surface area contributed by atoms with Gasteiger partial charge in [0.2, 0.25) is 0 Å². The Balaban J connectivity index is 1.54. The summed E-state index contributed by atoms with van der Waals surface area (Å²) >= 11 is 1.83. The Morgan fingerprint density at radius 2 is 1.91 bits per heavy atom. The molecule has 0 radical (unpaired) electrons. The molecule has 0 spiro atoms. The second kappa shape index (κ2) is 14.7. The Labute approximate surface area is 280 Å². The molecule has 0 aliphatic carbocycles. The number of fused-ring (bicyclic) bond motifs is 5. The SMILES string of the molecule is CC1=C(N)c2cccc(c2)C(=O)c2c(F)cc3[nH]ccc3c2CCSCC(C)(C)CCCC(c2cccc(CC(C)C(=O)O)c2)N=C1. The lowest BCUT2D eigenvalue weighted by atomic mass is 9.87. The molecule has 5 rings (SSSR count). The van der Waals surface area contributed by atoms with E-state index in [1.807, 2.05) is 43.0 Å². The summed E-state index contributed by atoms with van der Waals surface area (Å²) in [6, 6.07) is 18.4. The van der Waals surface area contributed by atoms with Crippen LogP contribution in [-0.2, 0) is 17.6 Å². The summed E-state index contributed by atoms with van der Waals surface area (Å²) in [5, 5.41) is 10.3. The lowest BCUT2D eigenvalue weighted by Gasteiger charge is -2.25. The molecule has 2 unspecified atom stereocenters. The monoisotopic (exact) mass is 653 g/mol. The van der Waals surface area contributed by atoms with Gasteiger partial charge in [-0.05, 0) is 95.6 Å². The van der Waals surface area contributed by atoms with E-state index in [-0.39, 0.29) is 22.8 Å². The molecule has 1 aromatic heterocycles. The molecule has 6 nitrogen and oxygen atoms in total. The number of carbonyl (C=O) groups is 2. The first-order valence-electron chi connectivity index (χ1n) is 16.3. The minimum absolute atomic E-state index is 0.0595. The van der Waals surface area contributed by atoms with Gasteiger partial charge in [-0.2, -0.15) is 11.8 Å². The average molecular weight is 654 g/mol. The predicted molar refractivity (Wildman–Crippen MR) is 192 cm³/mol. The molecule has 1 aliphatic rings. The highest BCUT2D eigenvalue weighted by molar-refractivity contribution is 7.99. The Morgan fingerprint density at radius 3 is 2.70 bits per heavy atom. The number of aromatic nitrogens is 1. The molecule has 1 aliphatic heterocycles. The van der Waals surface area contributed by atoms with Gasteiger partial charge in [0, 0.05) is 34.6 Å². The van der Waals surface area contributed by atoms with Crippen LogP contribution in [0.4, 0.5) is 4.39 Å². The van der Waals surface area contributed by atoms with E-state index < -0.39 is 17.7 Å². The first kappa shape index (κ1) is 34.2. The molecule has 2 bridgehead atoms. The second-order valence-electron chi connectivity index (χ2n) is 13.5. The van der Waals surface area contributed by atoms with Crippen LogP contribution in [0, 0.1) is 17.2 Å². The third-order valence-corrected chi connectivity index (χ3v) is 10.5. The number of aliphatic carboxylic acids is 1. The summed E-state index contributed by atoms with van der Waals surface area (Å²) in [5.74, 6) is -0.486. The number of carbonyl (C=O) groups excluding carboxylic acids is 1. The van der Waals surface area contributed by atoms with Crippen molar-refractivity contribution in [2.24, 2.45) is 22.1 Å². The number of aryl methyl sites for hydroxylation is 1. The molecule has 2 atom stereocenters. The minimum atomic E-state index is -0.811. The van der Waals surface area contributed by atoms with Gasteiger partial charge in [0.05, 0.1) is 17.5 Å². The topological polar surface area (TPSA) is 109 Å². The number of halogens is 1. The highest BCUT2D eigenvalue weighted by Crippen LogP contribution is 2.34. The summed E-state index contributed by atoms with van der Waals surface area (Å²) in [5.41, 5.74) is 12.6. The molecule has 47 heavy (non-hydrogen) atoms. The standard InChI is InChI=1S/C39H44FN3O3S/c1-24(38(45)46)18-26-8-5-9-27(19-26)33-12-7-15-39(3,4)23-47-17-14-31-30-13-16-42-34(30)21-32(40)35(31)37(44)29-11-6-10-28(20-29)36(41)25(2)22-43-33/h5-6,8-11,13,16,19-22,24,33,42H,7,12,14-15,17-18,23,41H2,1-4H3,(H,45,46). The summed E-state index contributed by atoms with van der Waals surface area (Å²) in [6.07, 6.45) is 7.39. The van der Waals surface area contributed by atoms with Crippen molar-refractivity contribution in [3.8, 4) is 0 Å². The van der Waals surface area contributed by atoms with Gasteiger partial charge >= 0.3 is 5.97 Å². The molecule has 0 fully saturated rings. The number of nitrogens with two attached hydrogens (primary N) is 1. The molecular weight excluding hydrogens is 610 g/mol. The van der Waals surface area contributed by atoms with Crippen LogP contribution >= 0.6 is 11.8 Å². The van der Waals surface area contributed by atoms with Crippen molar-refractivity contribution >= 4 is 46.3 Å². The maximum Gasteiger partial charge on any atom is 0.306 e. The van der Waals surface area contributed by atoms with Crippen molar-refractivity contribution in [3.63, 3.8) is 0 Å². The van der Waals surface area contributed by atoms with Crippen LogP contribution in [0.25, 0.3) is 16.6 Å². The summed E-state index contributed by atoms with van der Waals surface area (Å²) < 4.78 is 15.7. The predicted octanol–water partition coefficient (Wildman–Crippen LogP) is 8.79. The fourth-order valence-corrected chi connectivity index (χ4v) is 7.47. The van der Waals surface area contributed by atoms with Crippen LogP contribution in [0.1, 0.15) is 91.2 Å². The number of nitrogens with zero attached hydrogens (tertiary/aromatic N) is 1. The van der Waals surface area contributed by atoms with E-state index >= 15 is 4.39 Å². The van der Waals surface area contributed by atoms with Gasteiger partial charge in [-0.1, -0.05) is 69.7 Å². The van der Waals surface area contributed by atoms with E-state index in [1.54, 1.807) is 37.5 Å². The fraction of sp³-hybridized carbons (Fsp3) is 0.359. The lowest BCUT2D eigenvalue weighted by molar-refractivity contribution is -0.141. The minimum Gasteiger partial charge on any atom is -0.481 e. The van der Waals surface area contributed by atoms with Gasteiger partial charge in [-0.3, -0.25) is 14.6 Å². The van der Waals surface area contributed by atoms with E-state index in [0.717, 1.165) is 58.4 Å². The third-order valence-electron chi connectivity index (χ3n) is 9.07. The van der Waals surface area contributed by atoms with E-state index in [1.165, 1.54) is 6.07 Å². The van der Waals surface area contributed by atoms with E-state index in [9.17, 15) is 14.7 Å².